The molecule has 0 bridgehead atoms. The van der Waals surface area contributed by atoms with Crippen molar-refractivity contribution in [1.82, 2.24) is 9.97 Å². The molecule has 1 aliphatic heterocycles. The third kappa shape index (κ3) is 4.15. The number of allylic oxidation sites excluding steroid dienone is 1. The van der Waals surface area contributed by atoms with E-state index in [9.17, 15) is 4.79 Å². The van der Waals surface area contributed by atoms with Crippen molar-refractivity contribution >= 4 is 17.7 Å². The van der Waals surface area contributed by atoms with Crippen LogP contribution in [0.2, 0.25) is 0 Å². The Morgan fingerprint density at radius 3 is 2.68 bits per heavy atom. The number of carbonyl (C=O) groups is 1. The summed E-state index contributed by atoms with van der Waals surface area (Å²) in [6.07, 6.45) is 9.31. The fourth-order valence-electron chi connectivity index (χ4n) is 4.53. The van der Waals surface area contributed by atoms with Gasteiger partial charge in [-0.1, -0.05) is 48.0 Å². The minimum Gasteiger partial charge on any atom is -0.356 e. The SMILES string of the molecule is Cc1cccc(C(=O)Cc2cccc(-c3nc4c(c(N5CCCCC5)n3)CC=C4)c2)c1. The van der Waals surface area contributed by atoms with Gasteiger partial charge in [-0.25, -0.2) is 9.97 Å². The average molecular weight is 410 g/mol. The van der Waals surface area contributed by atoms with E-state index in [0.29, 0.717) is 6.42 Å². The number of anilines is 1. The number of hydrogen-bond donors (Lipinski definition) is 0. The number of hydrogen-bond acceptors (Lipinski definition) is 4. The summed E-state index contributed by atoms with van der Waals surface area (Å²) in [6.45, 7) is 4.14. The largest absolute Gasteiger partial charge is 0.356 e. The van der Waals surface area contributed by atoms with Crippen LogP contribution >= 0.6 is 0 Å². The molecule has 0 saturated carbocycles. The molecule has 2 heterocycles. The molecule has 0 spiro atoms. The van der Waals surface area contributed by atoms with Gasteiger partial charge < -0.3 is 4.90 Å². The molecule has 2 aliphatic rings. The lowest BCUT2D eigenvalue weighted by Crippen LogP contribution is -2.31. The molecule has 0 amide bonds. The number of ketones is 1. The zero-order chi connectivity index (χ0) is 21.2. The highest BCUT2D eigenvalue weighted by Gasteiger charge is 2.22. The highest BCUT2D eigenvalue weighted by molar-refractivity contribution is 5.97. The van der Waals surface area contributed by atoms with Gasteiger partial charge in [0.1, 0.15) is 5.82 Å². The van der Waals surface area contributed by atoms with Crippen molar-refractivity contribution in [2.45, 2.75) is 39.0 Å². The van der Waals surface area contributed by atoms with Crippen molar-refractivity contribution in [3.63, 3.8) is 0 Å². The first-order chi connectivity index (χ1) is 15.2. The Balaban J connectivity index is 1.45. The number of rotatable bonds is 5. The van der Waals surface area contributed by atoms with Crippen LogP contribution in [-0.2, 0) is 12.8 Å². The number of aryl methyl sites for hydroxylation is 1. The topological polar surface area (TPSA) is 46.1 Å². The summed E-state index contributed by atoms with van der Waals surface area (Å²) in [5, 5.41) is 0. The molecule has 0 atom stereocenters. The first kappa shape index (κ1) is 19.7. The fraction of sp³-hybridized carbons (Fsp3) is 0.296. The third-order valence-corrected chi connectivity index (χ3v) is 6.16. The number of nitrogens with zero attached hydrogens (tertiary/aromatic N) is 3. The Morgan fingerprint density at radius 1 is 1.00 bits per heavy atom. The van der Waals surface area contributed by atoms with Crippen molar-refractivity contribution in [2.75, 3.05) is 18.0 Å². The Hall–Kier alpha value is -3.27. The van der Waals surface area contributed by atoms with Crippen LogP contribution in [0.15, 0.2) is 54.6 Å². The maximum atomic E-state index is 12.8. The second-order valence-corrected chi connectivity index (χ2v) is 8.56. The Kier molecular flexibility index (Phi) is 5.37. The minimum atomic E-state index is 0.132. The molecule has 156 valence electrons. The molecule has 0 unspecified atom stereocenters. The molecule has 3 aromatic rings. The number of carbonyl (C=O) groups excluding carboxylic acids is 1. The molecule has 5 rings (SSSR count). The van der Waals surface area contributed by atoms with E-state index < -0.39 is 0 Å². The lowest BCUT2D eigenvalue weighted by atomic mass is 10.00. The van der Waals surface area contributed by atoms with E-state index >= 15 is 0 Å². The number of aromatic nitrogens is 2. The van der Waals surface area contributed by atoms with Gasteiger partial charge in [0, 0.05) is 36.2 Å². The highest BCUT2D eigenvalue weighted by atomic mass is 16.1. The number of Topliss-reactive ketones (excluding diaryl/α,β-unsaturated/α-hetero) is 1. The molecular weight excluding hydrogens is 382 g/mol. The summed E-state index contributed by atoms with van der Waals surface area (Å²) in [4.78, 5) is 25.1. The Morgan fingerprint density at radius 2 is 1.84 bits per heavy atom. The smallest absolute Gasteiger partial charge is 0.167 e. The van der Waals surface area contributed by atoms with Crippen LogP contribution in [0.3, 0.4) is 0 Å². The predicted molar refractivity (Wildman–Crippen MR) is 125 cm³/mol. The van der Waals surface area contributed by atoms with Crippen molar-refractivity contribution in [1.29, 1.82) is 0 Å². The molecule has 1 aliphatic carbocycles. The monoisotopic (exact) mass is 409 g/mol. The van der Waals surface area contributed by atoms with E-state index in [2.05, 4.69) is 23.1 Å². The third-order valence-electron chi connectivity index (χ3n) is 6.16. The summed E-state index contributed by atoms with van der Waals surface area (Å²) < 4.78 is 0. The standard InChI is InChI=1S/C27H27N3O/c1-19-8-5-10-21(16-19)25(31)18-20-9-6-11-22(17-20)26-28-24-13-7-12-23(24)27(29-26)30-14-3-2-4-15-30/h5-11,13,16-17H,2-4,12,14-15,18H2,1H3. The molecule has 4 nitrogen and oxygen atoms in total. The molecule has 1 aromatic heterocycles. The van der Waals surface area contributed by atoms with Crippen molar-refractivity contribution in [2.24, 2.45) is 0 Å². The van der Waals surface area contributed by atoms with E-state index in [1.165, 1.54) is 24.8 Å². The molecule has 31 heavy (non-hydrogen) atoms. The van der Waals surface area contributed by atoms with Crippen LogP contribution in [0.1, 0.15) is 52.0 Å². The zero-order valence-corrected chi connectivity index (χ0v) is 18.0. The highest BCUT2D eigenvalue weighted by Crippen LogP contribution is 2.32. The zero-order valence-electron chi connectivity index (χ0n) is 18.0. The number of fused-ring (bicyclic) bond motifs is 1. The van der Waals surface area contributed by atoms with Gasteiger partial charge in [-0.3, -0.25) is 4.79 Å². The van der Waals surface area contributed by atoms with Gasteiger partial charge in [0.2, 0.25) is 0 Å². The summed E-state index contributed by atoms with van der Waals surface area (Å²) in [5.74, 6) is 1.97. The molecule has 0 N–H and O–H groups in total. The van der Waals surface area contributed by atoms with Crippen LogP contribution in [0.5, 0.6) is 0 Å². The lowest BCUT2D eigenvalue weighted by molar-refractivity contribution is 0.0993. The van der Waals surface area contributed by atoms with Crippen LogP contribution in [0.25, 0.3) is 17.5 Å². The van der Waals surface area contributed by atoms with E-state index in [1.807, 2.05) is 49.4 Å². The summed E-state index contributed by atoms with van der Waals surface area (Å²) in [7, 11) is 0. The van der Waals surface area contributed by atoms with Crippen LogP contribution in [0, 0.1) is 6.92 Å². The summed E-state index contributed by atoms with van der Waals surface area (Å²) in [5.41, 5.74) is 6.10. The van der Waals surface area contributed by atoms with E-state index in [1.54, 1.807) is 0 Å². The van der Waals surface area contributed by atoms with Crippen LogP contribution in [-0.4, -0.2) is 28.8 Å². The van der Waals surface area contributed by atoms with Gasteiger partial charge in [0.25, 0.3) is 0 Å². The summed E-state index contributed by atoms with van der Waals surface area (Å²) >= 11 is 0. The second kappa shape index (κ2) is 8.46. The molecule has 4 heteroatoms. The quantitative estimate of drug-likeness (QED) is 0.527. The maximum absolute atomic E-state index is 12.8. The lowest BCUT2D eigenvalue weighted by Gasteiger charge is -2.29. The molecule has 1 saturated heterocycles. The van der Waals surface area contributed by atoms with Crippen molar-refractivity contribution in [3.05, 3.63) is 82.6 Å². The van der Waals surface area contributed by atoms with E-state index in [0.717, 1.165) is 59.1 Å². The predicted octanol–water partition coefficient (Wildman–Crippen LogP) is 5.44. The maximum Gasteiger partial charge on any atom is 0.167 e. The molecular formula is C27H27N3O. The van der Waals surface area contributed by atoms with Gasteiger partial charge in [0.15, 0.2) is 11.6 Å². The van der Waals surface area contributed by atoms with Gasteiger partial charge in [-0.15, -0.1) is 0 Å². The first-order valence-corrected chi connectivity index (χ1v) is 11.2. The van der Waals surface area contributed by atoms with Gasteiger partial charge >= 0.3 is 0 Å². The Bertz CT molecular complexity index is 1160. The Labute approximate surface area is 183 Å². The number of benzene rings is 2. The van der Waals surface area contributed by atoms with Crippen molar-refractivity contribution < 1.29 is 4.79 Å². The van der Waals surface area contributed by atoms with Gasteiger partial charge in [0.05, 0.1) is 5.69 Å². The van der Waals surface area contributed by atoms with E-state index in [-0.39, 0.29) is 5.78 Å². The van der Waals surface area contributed by atoms with Crippen molar-refractivity contribution in [3.8, 4) is 11.4 Å². The number of piperidine rings is 1. The van der Waals surface area contributed by atoms with Crippen LogP contribution < -0.4 is 4.90 Å². The molecule has 1 fully saturated rings. The molecule has 0 radical (unpaired) electrons. The fourth-order valence-corrected chi connectivity index (χ4v) is 4.53. The summed E-state index contributed by atoms with van der Waals surface area (Å²) in [6, 6.07) is 15.9. The molecule has 2 aromatic carbocycles. The van der Waals surface area contributed by atoms with Crippen LogP contribution in [0.4, 0.5) is 5.82 Å². The second-order valence-electron chi connectivity index (χ2n) is 8.56. The average Bonchev–Trinajstić information content (AvgIpc) is 3.28. The van der Waals surface area contributed by atoms with Gasteiger partial charge in [-0.05, 0) is 56.4 Å². The first-order valence-electron chi connectivity index (χ1n) is 11.2. The van der Waals surface area contributed by atoms with E-state index in [4.69, 9.17) is 9.97 Å². The normalized spacial score (nSPS) is 15.2. The van der Waals surface area contributed by atoms with Gasteiger partial charge in [-0.2, -0.15) is 0 Å². The minimum absolute atomic E-state index is 0.132.